The van der Waals surface area contributed by atoms with Gasteiger partial charge in [-0.2, -0.15) is 0 Å². The van der Waals surface area contributed by atoms with Crippen LogP contribution in [0.25, 0.3) is 71.3 Å². The SMILES string of the molecule is CC1(C)c2ccccc2-c2ccc3ccc4cc(-c5ccc(-n6c7ccccc7c7ccccc76)cc5)ccc4c3c2C1(C)C. The number of para-hydroxylation sites is 2. The summed E-state index contributed by atoms with van der Waals surface area (Å²) in [4.78, 5) is 0. The number of benzene rings is 7. The predicted octanol–water partition coefficient (Wildman–Crippen LogP) is 12.0. The normalized spacial score (nSPS) is 15.0. The first-order valence-electron chi connectivity index (χ1n) is 16.0. The van der Waals surface area contributed by atoms with E-state index >= 15 is 0 Å². The third kappa shape index (κ3) is 3.56. The predicted molar refractivity (Wildman–Crippen MR) is 193 cm³/mol. The maximum atomic E-state index is 2.44. The molecule has 7 aromatic carbocycles. The van der Waals surface area contributed by atoms with Crippen molar-refractivity contribution in [1.82, 2.24) is 4.57 Å². The molecule has 0 N–H and O–H groups in total. The molecule has 1 aliphatic rings. The Labute approximate surface area is 264 Å². The van der Waals surface area contributed by atoms with Crippen LogP contribution in [0.4, 0.5) is 0 Å². The molecule has 1 aromatic heterocycles. The Hall–Kier alpha value is -5.14. The van der Waals surface area contributed by atoms with E-state index in [1.165, 1.54) is 82.4 Å². The van der Waals surface area contributed by atoms with Gasteiger partial charge in [0.2, 0.25) is 0 Å². The molecule has 0 atom stereocenters. The Morgan fingerprint density at radius 2 is 1.04 bits per heavy atom. The van der Waals surface area contributed by atoms with Crippen LogP contribution >= 0.6 is 0 Å². The molecule has 0 unspecified atom stereocenters. The summed E-state index contributed by atoms with van der Waals surface area (Å²) >= 11 is 0. The summed E-state index contributed by atoms with van der Waals surface area (Å²) in [5.41, 5.74) is 11.7. The molecule has 45 heavy (non-hydrogen) atoms. The molecule has 0 amide bonds. The van der Waals surface area contributed by atoms with Gasteiger partial charge in [-0.15, -0.1) is 0 Å². The van der Waals surface area contributed by atoms with Crippen molar-refractivity contribution >= 4 is 43.4 Å². The van der Waals surface area contributed by atoms with Crippen LogP contribution in [-0.2, 0) is 10.8 Å². The second-order valence-corrected chi connectivity index (χ2v) is 13.8. The highest BCUT2D eigenvalue weighted by atomic mass is 15.0. The highest BCUT2D eigenvalue weighted by Gasteiger charge is 2.46. The first kappa shape index (κ1) is 26.3. The fourth-order valence-corrected chi connectivity index (χ4v) is 8.12. The average molecular weight is 578 g/mol. The minimum Gasteiger partial charge on any atom is -0.309 e. The van der Waals surface area contributed by atoms with Crippen LogP contribution in [0.2, 0.25) is 0 Å². The molecule has 1 nitrogen and oxygen atoms in total. The molecule has 1 heteroatoms. The van der Waals surface area contributed by atoms with Crippen molar-refractivity contribution in [3.05, 3.63) is 151 Å². The van der Waals surface area contributed by atoms with Crippen LogP contribution < -0.4 is 0 Å². The zero-order chi connectivity index (χ0) is 30.5. The molecule has 0 saturated heterocycles. The van der Waals surface area contributed by atoms with Gasteiger partial charge in [-0.25, -0.2) is 0 Å². The van der Waals surface area contributed by atoms with Crippen molar-refractivity contribution < 1.29 is 0 Å². The first-order chi connectivity index (χ1) is 21.8. The summed E-state index contributed by atoms with van der Waals surface area (Å²) in [7, 11) is 0. The molecule has 0 aliphatic heterocycles. The lowest BCUT2D eigenvalue weighted by Gasteiger charge is -2.49. The number of hydrogen-bond donors (Lipinski definition) is 0. The third-order valence-corrected chi connectivity index (χ3v) is 11.1. The van der Waals surface area contributed by atoms with E-state index in [-0.39, 0.29) is 10.8 Å². The van der Waals surface area contributed by atoms with E-state index in [0.717, 1.165) is 0 Å². The van der Waals surface area contributed by atoms with Crippen molar-refractivity contribution in [3.63, 3.8) is 0 Å². The van der Waals surface area contributed by atoms with Crippen molar-refractivity contribution in [1.29, 1.82) is 0 Å². The minimum atomic E-state index is -0.0498. The molecular formula is C44H35N. The Morgan fingerprint density at radius 1 is 0.444 bits per heavy atom. The van der Waals surface area contributed by atoms with Crippen LogP contribution in [0.5, 0.6) is 0 Å². The molecule has 0 radical (unpaired) electrons. The lowest BCUT2D eigenvalue weighted by Crippen LogP contribution is -2.43. The Bertz CT molecular complexity index is 2420. The quantitative estimate of drug-likeness (QED) is 0.180. The molecule has 1 heterocycles. The second kappa shape index (κ2) is 9.19. The molecule has 8 aromatic rings. The smallest absolute Gasteiger partial charge is 0.0541 e. The third-order valence-electron chi connectivity index (χ3n) is 11.1. The maximum absolute atomic E-state index is 2.44. The monoisotopic (exact) mass is 577 g/mol. The average Bonchev–Trinajstić information content (AvgIpc) is 3.41. The van der Waals surface area contributed by atoms with Gasteiger partial charge in [-0.05, 0) is 90.7 Å². The Morgan fingerprint density at radius 3 is 1.78 bits per heavy atom. The molecule has 0 bridgehead atoms. The number of nitrogens with zero attached hydrogens (tertiary/aromatic N) is 1. The minimum absolute atomic E-state index is 0.00883. The Balaban J connectivity index is 1.19. The highest BCUT2D eigenvalue weighted by Crippen LogP contribution is 2.56. The zero-order valence-corrected chi connectivity index (χ0v) is 26.2. The van der Waals surface area contributed by atoms with Gasteiger partial charge in [0.05, 0.1) is 11.0 Å². The first-order valence-corrected chi connectivity index (χ1v) is 16.0. The van der Waals surface area contributed by atoms with Gasteiger partial charge < -0.3 is 4.57 Å². The van der Waals surface area contributed by atoms with Crippen LogP contribution in [0.3, 0.4) is 0 Å². The van der Waals surface area contributed by atoms with E-state index in [2.05, 4.69) is 172 Å². The maximum Gasteiger partial charge on any atom is 0.0541 e. The molecule has 1 aliphatic carbocycles. The van der Waals surface area contributed by atoms with E-state index in [1.807, 2.05) is 0 Å². The fraction of sp³-hybridized carbons (Fsp3) is 0.136. The van der Waals surface area contributed by atoms with Gasteiger partial charge in [0, 0.05) is 21.9 Å². The molecule has 0 fully saturated rings. The molecule has 0 spiro atoms. The van der Waals surface area contributed by atoms with Crippen molar-refractivity contribution in [2.75, 3.05) is 0 Å². The summed E-state index contributed by atoms with van der Waals surface area (Å²) in [6, 6.07) is 51.8. The van der Waals surface area contributed by atoms with Gasteiger partial charge >= 0.3 is 0 Å². The van der Waals surface area contributed by atoms with Gasteiger partial charge in [-0.1, -0.05) is 137 Å². The van der Waals surface area contributed by atoms with E-state index < -0.39 is 0 Å². The molecule has 0 saturated carbocycles. The number of fused-ring (bicyclic) bond motifs is 10. The Kier molecular flexibility index (Phi) is 5.37. The zero-order valence-electron chi connectivity index (χ0n) is 26.2. The topological polar surface area (TPSA) is 4.93 Å². The van der Waals surface area contributed by atoms with Crippen LogP contribution in [0, 0.1) is 0 Å². The fourth-order valence-electron chi connectivity index (χ4n) is 8.12. The summed E-state index contributed by atoms with van der Waals surface area (Å²) in [5, 5.41) is 7.90. The van der Waals surface area contributed by atoms with Crippen LogP contribution in [-0.4, -0.2) is 4.57 Å². The van der Waals surface area contributed by atoms with Crippen molar-refractivity contribution in [2.24, 2.45) is 0 Å². The summed E-state index contributed by atoms with van der Waals surface area (Å²) in [6.07, 6.45) is 0. The summed E-state index contributed by atoms with van der Waals surface area (Å²) in [5.74, 6) is 0. The van der Waals surface area contributed by atoms with E-state index in [4.69, 9.17) is 0 Å². The van der Waals surface area contributed by atoms with Crippen molar-refractivity contribution in [3.8, 4) is 27.9 Å². The van der Waals surface area contributed by atoms with Crippen molar-refractivity contribution in [2.45, 2.75) is 38.5 Å². The largest absolute Gasteiger partial charge is 0.309 e. The summed E-state index contributed by atoms with van der Waals surface area (Å²) < 4.78 is 2.38. The lowest BCUT2D eigenvalue weighted by molar-refractivity contribution is 0.301. The number of hydrogen-bond acceptors (Lipinski definition) is 0. The number of rotatable bonds is 2. The highest BCUT2D eigenvalue weighted by molar-refractivity contribution is 6.13. The van der Waals surface area contributed by atoms with E-state index in [9.17, 15) is 0 Å². The number of aromatic nitrogens is 1. The summed E-state index contributed by atoms with van der Waals surface area (Å²) in [6.45, 7) is 9.71. The van der Waals surface area contributed by atoms with Crippen LogP contribution in [0.1, 0.15) is 38.8 Å². The van der Waals surface area contributed by atoms with Gasteiger partial charge in [0.25, 0.3) is 0 Å². The molecular weight excluding hydrogens is 542 g/mol. The second-order valence-electron chi connectivity index (χ2n) is 13.8. The molecule has 216 valence electrons. The van der Waals surface area contributed by atoms with Gasteiger partial charge in [0.15, 0.2) is 0 Å². The van der Waals surface area contributed by atoms with Gasteiger partial charge in [-0.3, -0.25) is 0 Å². The van der Waals surface area contributed by atoms with E-state index in [0.29, 0.717) is 0 Å². The van der Waals surface area contributed by atoms with E-state index in [1.54, 1.807) is 0 Å². The standard InChI is InChI=1S/C44H35N/c1-43(2)38-14-8-5-11-34(38)37-26-21-29-17-18-31-27-30(22-25-33(31)41(29)42(37)44(43,3)4)28-19-23-32(24-20-28)45-39-15-9-6-12-35(39)36-13-7-10-16-40(36)45/h5-27H,1-4H3. The molecule has 9 rings (SSSR count). The van der Waals surface area contributed by atoms with Crippen LogP contribution in [0.15, 0.2) is 140 Å². The lowest BCUT2D eigenvalue weighted by atomic mass is 9.54. The van der Waals surface area contributed by atoms with Gasteiger partial charge in [0.1, 0.15) is 0 Å².